The molecule has 0 spiro atoms. The lowest BCUT2D eigenvalue weighted by Gasteiger charge is -2.00. The van der Waals surface area contributed by atoms with E-state index < -0.39 is 10.8 Å². The lowest BCUT2D eigenvalue weighted by atomic mass is 10.7. The first-order chi connectivity index (χ1) is 5.70. The van der Waals surface area contributed by atoms with Crippen LogP contribution in [0.5, 0.6) is 0 Å². The highest BCUT2D eigenvalue weighted by atomic mass is 32.2. The molecule has 0 aliphatic heterocycles. The van der Waals surface area contributed by atoms with E-state index >= 15 is 0 Å². The van der Waals surface area contributed by atoms with Crippen LogP contribution in [-0.2, 0) is 10.8 Å². The topological polar surface area (TPSA) is 67.5 Å². The minimum absolute atomic E-state index is 0.436. The number of guanidine groups is 1. The second-order valence-corrected chi connectivity index (χ2v) is 4.10. The van der Waals surface area contributed by atoms with Crippen LogP contribution in [0.25, 0.3) is 0 Å². The fraction of sp³-hybridized carbons (Fsp3) is 0.857. The maximum absolute atomic E-state index is 10.9. The summed E-state index contributed by atoms with van der Waals surface area (Å²) in [6.07, 6.45) is 0. The Balaban J connectivity index is 3.52. The third-order valence-electron chi connectivity index (χ3n) is 1.28. The second-order valence-electron chi connectivity index (χ2n) is 2.23. The van der Waals surface area contributed by atoms with Crippen molar-refractivity contribution in [2.45, 2.75) is 13.8 Å². The standard InChI is InChI=1S/C7H17N3OS/c1-3-9-7(8)10-5-6-12(11)4-2/h3-6H2,1-2H3,(H3,8,9,10). The van der Waals surface area contributed by atoms with Crippen molar-refractivity contribution in [3.8, 4) is 0 Å². The van der Waals surface area contributed by atoms with Crippen molar-refractivity contribution in [3.63, 3.8) is 0 Å². The molecule has 0 amide bonds. The third-order valence-corrected chi connectivity index (χ3v) is 2.56. The molecule has 1 unspecified atom stereocenters. The van der Waals surface area contributed by atoms with Crippen LogP contribution in [-0.4, -0.2) is 34.8 Å². The van der Waals surface area contributed by atoms with Crippen LogP contribution in [0.15, 0.2) is 4.99 Å². The Morgan fingerprint density at radius 3 is 2.75 bits per heavy atom. The molecule has 0 aromatic heterocycles. The summed E-state index contributed by atoms with van der Waals surface area (Å²) in [6.45, 7) is 5.16. The minimum atomic E-state index is -0.738. The fourth-order valence-electron chi connectivity index (χ4n) is 0.649. The van der Waals surface area contributed by atoms with Gasteiger partial charge in [0, 0.05) is 28.9 Å². The number of hydrogen-bond donors (Lipinski definition) is 2. The number of hydrogen-bond acceptors (Lipinski definition) is 2. The summed E-state index contributed by atoms with van der Waals surface area (Å²) in [5.74, 6) is 1.73. The van der Waals surface area contributed by atoms with Crippen molar-refractivity contribution in [2.24, 2.45) is 10.7 Å². The minimum Gasteiger partial charge on any atom is -0.370 e. The molecule has 5 heteroatoms. The molecule has 0 aliphatic carbocycles. The number of nitrogens with zero attached hydrogens (tertiary/aromatic N) is 1. The van der Waals surface area contributed by atoms with Crippen molar-refractivity contribution >= 4 is 16.8 Å². The molecule has 1 atom stereocenters. The van der Waals surface area contributed by atoms with Gasteiger partial charge in [0.1, 0.15) is 0 Å². The summed E-state index contributed by atoms with van der Waals surface area (Å²) in [4.78, 5) is 3.99. The molecule has 0 bridgehead atoms. The summed E-state index contributed by atoms with van der Waals surface area (Å²) < 4.78 is 10.9. The molecule has 0 saturated heterocycles. The Hall–Kier alpha value is -0.580. The number of aliphatic imine (C=N–C) groups is 1. The zero-order chi connectivity index (χ0) is 9.40. The van der Waals surface area contributed by atoms with Crippen LogP contribution < -0.4 is 11.1 Å². The Morgan fingerprint density at radius 1 is 1.58 bits per heavy atom. The van der Waals surface area contributed by atoms with E-state index in [2.05, 4.69) is 10.3 Å². The molecule has 0 aromatic carbocycles. The van der Waals surface area contributed by atoms with E-state index in [0.29, 0.717) is 24.0 Å². The summed E-state index contributed by atoms with van der Waals surface area (Å²) in [7, 11) is -0.738. The van der Waals surface area contributed by atoms with Crippen molar-refractivity contribution < 1.29 is 4.21 Å². The zero-order valence-corrected chi connectivity index (χ0v) is 8.49. The van der Waals surface area contributed by atoms with Crippen molar-refractivity contribution in [2.75, 3.05) is 24.6 Å². The van der Waals surface area contributed by atoms with E-state index in [1.54, 1.807) is 0 Å². The van der Waals surface area contributed by atoms with Gasteiger partial charge in [-0.25, -0.2) is 0 Å². The van der Waals surface area contributed by atoms with Crippen LogP contribution in [0.2, 0.25) is 0 Å². The molecule has 0 radical (unpaired) electrons. The van der Waals surface area contributed by atoms with E-state index in [9.17, 15) is 4.21 Å². The highest BCUT2D eigenvalue weighted by Gasteiger charge is 1.94. The predicted octanol–water partition coefficient (Wildman–Crippen LogP) is -0.321. The monoisotopic (exact) mass is 191 g/mol. The average molecular weight is 191 g/mol. The van der Waals surface area contributed by atoms with Gasteiger partial charge in [-0.05, 0) is 6.92 Å². The van der Waals surface area contributed by atoms with E-state index in [-0.39, 0.29) is 0 Å². The molecule has 12 heavy (non-hydrogen) atoms. The average Bonchev–Trinajstić information content (AvgIpc) is 2.04. The molecule has 3 N–H and O–H groups in total. The van der Waals surface area contributed by atoms with E-state index in [0.717, 1.165) is 6.54 Å². The molecule has 0 rings (SSSR count). The van der Waals surface area contributed by atoms with Gasteiger partial charge < -0.3 is 11.1 Å². The van der Waals surface area contributed by atoms with Crippen LogP contribution >= 0.6 is 0 Å². The summed E-state index contributed by atoms with van der Waals surface area (Å²) in [5.41, 5.74) is 5.45. The Labute approximate surface area is 76.1 Å². The van der Waals surface area contributed by atoms with Crippen molar-refractivity contribution in [1.82, 2.24) is 5.32 Å². The van der Waals surface area contributed by atoms with Gasteiger partial charge in [-0.2, -0.15) is 0 Å². The van der Waals surface area contributed by atoms with Gasteiger partial charge >= 0.3 is 0 Å². The first-order valence-corrected chi connectivity index (χ1v) is 5.58. The van der Waals surface area contributed by atoms with Crippen LogP contribution in [0, 0.1) is 0 Å². The second kappa shape index (κ2) is 7.09. The smallest absolute Gasteiger partial charge is 0.188 e. The molecule has 0 fully saturated rings. The Kier molecular flexibility index (Phi) is 6.75. The van der Waals surface area contributed by atoms with Crippen LogP contribution in [0.3, 0.4) is 0 Å². The first-order valence-electron chi connectivity index (χ1n) is 4.09. The number of nitrogens with one attached hydrogen (secondary N) is 1. The summed E-state index contributed by atoms with van der Waals surface area (Å²) in [6, 6.07) is 0. The first kappa shape index (κ1) is 11.4. The summed E-state index contributed by atoms with van der Waals surface area (Å²) >= 11 is 0. The molecule has 0 aliphatic rings. The van der Waals surface area contributed by atoms with Gasteiger partial charge in [0.05, 0.1) is 6.54 Å². The van der Waals surface area contributed by atoms with E-state index in [1.807, 2.05) is 13.8 Å². The Bertz CT molecular complexity index is 170. The fourth-order valence-corrected chi connectivity index (χ4v) is 1.23. The van der Waals surface area contributed by atoms with Gasteiger partial charge in [-0.15, -0.1) is 0 Å². The van der Waals surface area contributed by atoms with E-state index in [4.69, 9.17) is 5.73 Å². The maximum atomic E-state index is 10.9. The van der Waals surface area contributed by atoms with Crippen molar-refractivity contribution in [3.05, 3.63) is 0 Å². The third kappa shape index (κ3) is 6.15. The molecule has 0 saturated carbocycles. The number of nitrogens with two attached hydrogens (primary N) is 1. The van der Waals surface area contributed by atoms with E-state index in [1.165, 1.54) is 0 Å². The highest BCUT2D eigenvalue weighted by molar-refractivity contribution is 7.84. The quantitative estimate of drug-likeness (QED) is 0.462. The Morgan fingerprint density at radius 2 is 2.25 bits per heavy atom. The summed E-state index contributed by atoms with van der Waals surface area (Å²) in [5, 5.41) is 2.87. The SMILES string of the molecule is CCNC(N)=NCCS(=O)CC. The maximum Gasteiger partial charge on any atom is 0.188 e. The van der Waals surface area contributed by atoms with Gasteiger partial charge in [0.2, 0.25) is 0 Å². The molecule has 0 aromatic rings. The number of rotatable bonds is 5. The predicted molar refractivity (Wildman–Crippen MR) is 53.7 cm³/mol. The molecule has 4 nitrogen and oxygen atoms in total. The van der Waals surface area contributed by atoms with Crippen LogP contribution in [0.1, 0.15) is 13.8 Å². The lowest BCUT2D eigenvalue weighted by molar-refractivity contribution is 0.683. The van der Waals surface area contributed by atoms with Crippen molar-refractivity contribution in [1.29, 1.82) is 0 Å². The largest absolute Gasteiger partial charge is 0.370 e. The lowest BCUT2D eigenvalue weighted by Crippen LogP contribution is -2.31. The molecule has 0 heterocycles. The molecular weight excluding hydrogens is 174 g/mol. The van der Waals surface area contributed by atoms with Gasteiger partial charge in [-0.3, -0.25) is 9.20 Å². The van der Waals surface area contributed by atoms with Gasteiger partial charge in [0.15, 0.2) is 5.96 Å². The zero-order valence-electron chi connectivity index (χ0n) is 7.67. The normalized spacial score (nSPS) is 14.3. The van der Waals surface area contributed by atoms with Gasteiger partial charge in [0.25, 0.3) is 0 Å². The highest BCUT2D eigenvalue weighted by Crippen LogP contribution is 1.81. The molecule has 72 valence electrons. The molecular formula is C7H17N3OS. The van der Waals surface area contributed by atoms with Gasteiger partial charge in [-0.1, -0.05) is 6.92 Å². The van der Waals surface area contributed by atoms with Crippen LogP contribution in [0.4, 0.5) is 0 Å².